The average molecular weight is 493 g/mol. The predicted molar refractivity (Wildman–Crippen MR) is 132 cm³/mol. The number of H-pyrrole nitrogens is 1. The number of aromatic amines is 1. The molecule has 0 radical (unpaired) electrons. The van der Waals surface area contributed by atoms with Crippen LogP contribution < -0.4 is 5.73 Å². The van der Waals surface area contributed by atoms with Crippen LogP contribution in [0.15, 0.2) is 48.8 Å². The van der Waals surface area contributed by atoms with Gasteiger partial charge in [0.1, 0.15) is 24.0 Å². The van der Waals surface area contributed by atoms with Crippen LogP contribution in [0.2, 0.25) is 5.02 Å². The first-order chi connectivity index (χ1) is 17.0. The van der Waals surface area contributed by atoms with Gasteiger partial charge in [-0.1, -0.05) is 29.8 Å². The summed E-state index contributed by atoms with van der Waals surface area (Å²) in [6, 6.07) is 12.8. The summed E-state index contributed by atoms with van der Waals surface area (Å²) in [5.74, 6) is 1.69. The lowest BCUT2D eigenvalue weighted by atomic mass is 10.1. The van der Waals surface area contributed by atoms with E-state index in [4.69, 9.17) is 22.1 Å². The number of hydrogen-bond acceptors (Lipinski definition) is 8. The number of nitrogens with zero attached hydrogens (tertiary/aromatic N) is 6. The molecule has 0 unspecified atom stereocenters. The first kappa shape index (κ1) is 23.2. The minimum atomic E-state index is -0.424. The number of rotatable bonds is 7. The molecular formula is C24H25ClN8O2. The number of anilines is 1. The largest absolute Gasteiger partial charge is 0.383 e. The van der Waals surface area contributed by atoms with Crippen molar-refractivity contribution in [3.05, 3.63) is 65.2 Å². The second-order valence-electron chi connectivity index (χ2n) is 8.43. The first-order valence-electron chi connectivity index (χ1n) is 11.2. The standard InChI is InChI=1S/C24H25ClN8O2/c1-35-13-20-24(34)33(11-15-5-6-18-19(9-15)27-14-28-22(18)26)8-7-32(20)12-21-29-23(31-30-21)16-3-2-4-17(25)10-16/h2-6,9-10,14,20H,7-8,11-13H2,1H3,(H2,26,27,28)(H,29,30,31)/t20-/m0/s1. The van der Waals surface area contributed by atoms with Gasteiger partial charge < -0.3 is 15.4 Å². The fraction of sp³-hybridized carbons (Fsp3) is 0.292. The summed E-state index contributed by atoms with van der Waals surface area (Å²) < 4.78 is 5.40. The van der Waals surface area contributed by atoms with E-state index in [0.717, 1.165) is 22.0 Å². The molecule has 2 aromatic heterocycles. The van der Waals surface area contributed by atoms with Crippen LogP contribution >= 0.6 is 11.6 Å². The minimum Gasteiger partial charge on any atom is -0.383 e. The van der Waals surface area contributed by atoms with Crippen molar-refractivity contribution < 1.29 is 9.53 Å². The zero-order valence-electron chi connectivity index (χ0n) is 19.2. The summed E-state index contributed by atoms with van der Waals surface area (Å²) in [5, 5.41) is 8.73. The Morgan fingerprint density at radius 2 is 2.06 bits per heavy atom. The summed E-state index contributed by atoms with van der Waals surface area (Å²) >= 11 is 6.09. The van der Waals surface area contributed by atoms with Crippen LogP contribution in [0.3, 0.4) is 0 Å². The van der Waals surface area contributed by atoms with Gasteiger partial charge in [-0.25, -0.2) is 15.0 Å². The lowest BCUT2D eigenvalue weighted by molar-refractivity contribution is -0.145. The van der Waals surface area contributed by atoms with Crippen molar-refractivity contribution in [1.82, 2.24) is 34.9 Å². The summed E-state index contributed by atoms with van der Waals surface area (Å²) in [7, 11) is 1.60. The number of methoxy groups -OCH3 is 1. The number of amides is 1. The molecule has 1 fully saturated rings. The molecule has 11 heteroatoms. The van der Waals surface area contributed by atoms with Gasteiger partial charge in [0.05, 0.1) is 18.7 Å². The highest BCUT2D eigenvalue weighted by Crippen LogP contribution is 2.23. The summed E-state index contributed by atoms with van der Waals surface area (Å²) in [5.41, 5.74) is 8.50. The minimum absolute atomic E-state index is 0.00924. The number of nitrogens with two attached hydrogens (primary N) is 1. The van der Waals surface area contributed by atoms with Crippen molar-refractivity contribution in [2.24, 2.45) is 0 Å². The van der Waals surface area contributed by atoms with Crippen molar-refractivity contribution >= 4 is 34.2 Å². The maximum atomic E-state index is 13.4. The molecule has 4 aromatic rings. The number of piperazine rings is 1. The van der Waals surface area contributed by atoms with Crippen LogP contribution in [-0.4, -0.2) is 73.7 Å². The molecule has 0 saturated carbocycles. The molecule has 3 N–H and O–H groups in total. The lowest BCUT2D eigenvalue weighted by Gasteiger charge is -2.40. The summed E-state index contributed by atoms with van der Waals surface area (Å²) in [6.45, 7) is 2.47. The molecule has 1 amide bonds. The molecular weight excluding hydrogens is 468 g/mol. The van der Waals surface area contributed by atoms with Gasteiger partial charge in [0.2, 0.25) is 5.91 Å². The molecule has 1 aliphatic heterocycles. The fourth-order valence-electron chi connectivity index (χ4n) is 4.32. The number of carbonyl (C=O) groups excluding carboxylic acids is 1. The average Bonchev–Trinajstić information content (AvgIpc) is 3.32. The molecule has 0 aliphatic carbocycles. The van der Waals surface area contributed by atoms with Crippen molar-refractivity contribution in [3.8, 4) is 11.4 Å². The fourth-order valence-corrected chi connectivity index (χ4v) is 4.51. The molecule has 10 nitrogen and oxygen atoms in total. The van der Waals surface area contributed by atoms with Gasteiger partial charge >= 0.3 is 0 Å². The second kappa shape index (κ2) is 9.95. The molecule has 0 spiro atoms. The Bertz CT molecular complexity index is 1360. The van der Waals surface area contributed by atoms with Crippen LogP contribution in [-0.2, 0) is 22.6 Å². The molecule has 1 saturated heterocycles. The van der Waals surface area contributed by atoms with E-state index in [9.17, 15) is 4.79 Å². The molecule has 3 heterocycles. The van der Waals surface area contributed by atoms with E-state index in [1.165, 1.54) is 6.33 Å². The van der Waals surface area contributed by atoms with Crippen molar-refractivity contribution in [1.29, 1.82) is 0 Å². The zero-order valence-corrected chi connectivity index (χ0v) is 19.9. The highest BCUT2D eigenvalue weighted by Gasteiger charge is 2.35. The van der Waals surface area contributed by atoms with E-state index in [-0.39, 0.29) is 12.5 Å². The molecule has 1 atom stereocenters. The Kier molecular flexibility index (Phi) is 6.58. The molecule has 180 valence electrons. The Balaban J connectivity index is 1.29. The van der Waals surface area contributed by atoms with Crippen LogP contribution in [0, 0.1) is 0 Å². The number of benzene rings is 2. The lowest BCUT2D eigenvalue weighted by Crippen LogP contribution is -2.57. The van der Waals surface area contributed by atoms with E-state index in [2.05, 4.69) is 30.0 Å². The molecule has 2 aromatic carbocycles. The Morgan fingerprint density at radius 3 is 2.89 bits per heavy atom. The van der Waals surface area contributed by atoms with Crippen LogP contribution in [0.25, 0.3) is 22.3 Å². The topological polar surface area (TPSA) is 126 Å². The normalized spacial score (nSPS) is 16.8. The first-order valence-corrected chi connectivity index (χ1v) is 11.6. The van der Waals surface area contributed by atoms with E-state index >= 15 is 0 Å². The van der Waals surface area contributed by atoms with Gasteiger partial charge in [0, 0.05) is 42.7 Å². The predicted octanol–water partition coefficient (Wildman–Crippen LogP) is 2.51. The van der Waals surface area contributed by atoms with E-state index < -0.39 is 6.04 Å². The molecule has 1 aliphatic rings. The molecule has 35 heavy (non-hydrogen) atoms. The highest BCUT2D eigenvalue weighted by atomic mass is 35.5. The van der Waals surface area contributed by atoms with E-state index in [1.807, 2.05) is 41.3 Å². The Labute approximate surface area is 207 Å². The van der Waals surface area contributed by atoms with Crippen molar-refractivity contribution in [2.45, 2.75) is 19.1 Å². The zero-order chi connectivity index (χ0) is 24.4. The quantitative estimate of drug-likeness (QED) is 0.403. The SMILES string of the molecule is COC[C@H]1C(=O)N(Cc2ccc3c(N)ncnc3c2)CCN1Cc1nc(-c2cccc(Cl)c2)n[nH]1. The number of carbonyl (C=O) groups is 1. The smallest absolute Gasteiger partial charge is 0.242 e. The number of aromatic nitrogens is 5. The monoisotopic (exact) mass is 492 g/mol. The third-order valence-electron chi connectivity index (χ3n) is 6.09. The number of nitrogens with one attached hydrogen (secondary N) is 1. The number of halogens is 1. The van der Waals surface area contributed by atoms with Crippen molar-refractivity contribution in [2.75, 3.05) is 32.5 Å². The molecule has 5 rings (SSSR count). The van der Waals surface area contributed by atoms with Crippen LogP contribution in [0.4, 0.5) is 5.82 Å². The van der Waals surface area contributed by atoms with Crippen LogP contribution in [0.1, 0.15) is 11.4 Å². The third-order valence-corrected chi connectivity index (χ3v) is 6.33. The third kappa shape index (κ3) is 4.95. The van der Waals surface area contributed by atoms with Gasteiger partial charge in [-0.05, 0) is 29.8 Å². The van der Waals surface area contributed by atoms with Crippen LogP contribution in [0.5, 0.6) is 0 Å². The van der Waals surface area contributed by atoms with Gasteiger partial charge in [-0.2, -0.15) is 5.10 Å². The Morgan fingerprint density at radius 1 is 1.17 bits per heavy atom. The number of hydrogen-bond donors (Lipinski definition) is 2. The Hall–Kier alpha value is -3.60. The number of fused-ring (bicyclic) bond motifs is 1. The summed E-state index contributed by atoms with van der Waals surface area (Å²) in [6.07, 6.45) is 1.45. The number of nitrogen functional groups attached to an aromatic ring is 1. The van der Waals surface area contributed by atoms with Gasteiger partial charge in [0.15, 0.2) is 5.82 Å². The van der Waals surface area contributed by atoms with Gasteiger partial charge in [-0.3, -0.25) is 14.8 Å². The highest BCUT2D eigenvalue weighted by molar-refractivity contribution is 6.30. The van der Waals surface area contributed by atoms with E-state index in [1.54, 1.807) is 13.2 Å². The maximum Gasteiger partial charge on any atom is 0.242 e. The second-order valence-corrected chi connectivity index (χ2v) is 8.86. The van der Waals surface area contributed by atoms with Gasteiger partial charge in [-0.15, -0.1) is 0 Å². The van der Waals surface area contributed by atoms with Crippen molar-refractivity contribution in [3.63, 3.8) is 0 Å². The van der Waals surface area contributed by atoms with Gasteiger partial charge in [0.25, 0.3) is 0 Å². The number of ether oxygens (including phenoxy) is 1. The molecule has 0 bridgehead atoms. The summed E-state index contributed by atoms with van der Waals surface area (Å²) in [4.78, 5) is 30.2. The maximum absolute atomic E-state index is 13.4. The van der Waals surface area contributed by atoms with E-state index in [0.29, 0.717) is 48.7 Å².